The van der Waals surface area contributed by atoms with Crippen molar-refractivity contribution in [2.75, 3.05) is 33.2 Å². The molecule has 1 rings (SSSR count). The Labute approximate surface area is 79.5 Å². The van der Waals surface area contributed by atoms with Gasteiger partial charge >= 0.3 is 0 Å². The molecule has 0 unspecified atom stereocenters. The Morgan fingerprint density at radius 1 is 1.67 bits per heavy atom. The summed E-state index contributed by atoms with van der Waals surface area (Å²) in [5.74, 6) is 0. The lowest BCUT2D eigenvalue weighted by Crippen LogP contribution is -2.37. The highest BCUT2D eigenvalue weighted by Gasteiger charge is 2.10. The lowest BCUT2D eigenvalue weighted by molar-refractivity contribution is 0.349. The molecule has 69 valence electrons. The monoisotopic (exact) mass is 186 g/mol. The van der Waals surface area contributed by atoms with Gasteiger partial charge in [-0.2, -0.15) is 0 Å². The minimum absolute atomic E-state index is 0.734. The quantitative estimate of drug-likeness (QED) is 0.606. The van der Waals surface area contributed by atoms with Gasteiger partial charge in [0.25, 0.3) is 0 Å². The van der Waals surface area contributed by atoms with Crippen molar-refractivity contribution in [1.82, 2.24) is 15.5 Å². The van der Waals surface area contributed by atoms with Crippen LogP contribution in [0.3, 0.4) is 0 Å². The van der Waals surface area contributed by atoms with E-state index in [1.807, 2.05) is 7.05 Å². The first-order valence-electron chi connectivity index (χ1n) is 4.32. The number of hydrogen-bond donors (Lipinski definition) is 2. The van der Waals surface area contributed by atoms with Crippen LogP contribution in [0.25, 0.3) is 0 Å². The maximum Gasteiger partial charge on any atom is 0.166 e. The summed E-state index contributed by atoms with van der Waals surface area (Å²) in [6, 6.07) is 0. The molecule has 1 aliphatic heterocycles. The van der Waals surface area contributed by atoms with Crippen molar-refractivity contribution in [2.45, 2.75) is 6.42 Å². The Hall–Kier alpha value is -0.350. The average molecular weight is 186 g/mol. The standard InChI is InChI=1S/C8H16N3S/c1-9-8(12)10-4-7-11-5-2-3-6-11/h2H,3-7H2,1H3,(H2,9,10,12). The summed E-state index contributed by atoms with van der Waals surface area (Å²) < 4.78 is 0. The minimum Gasteiger partial charge on any atom is -0.366 e. The molecule has 12 heavy (non-hydrogen) atoms. The second-order valence-corrected chi connectivity index (χ2v) is 3.29. The third-order valence-corrected chi connectivity index (χ3v) is 2.33. The molecule has 1 saturated heterocycles. The van der Waals surface area contributed by atoms with E-state index < -0.39 is 0 Å². The van der Waals surface area contributed by atoms with Gasteiger partial charge in [0.15, 0.2) is 5.11 Å². The summed E-state index contributed by atoms with van der Waals surface area (Å²) in [4.78, 5) is 2.41. The highest BCUT2D eigenvalue weighted by atomic mass is 32.1. The molecule has 1 aliphatic rings. The van der Waals surface area contributed by atoms with Crippen LogP contribution in [-0.4, -0.2) is 43.2 Å². The zero-order chi connectivity index (χ0) is 8.81. The topological polar surface area (TPSA) is 27.3 Å². The van der Waals surface area contributed by atoms with Gasteiger partial charge in [-0.25, -0.2) is 0 Å². The van der Waals surface area contributed by atoms with Gasteiger partial charge in [-0.1, -0.05) is 0 Å². The number of nitrogens with zero attached hydrogens (tertiary/aromatic N) is 1. The summed E-state index contributed by atoms with van der Waals surface area (Å²) >= 11 is 4.95. The lowest BCUT2D eigenvalue weighted by atomic mass is 10.4. The van der Waals surface area contributed by atoms with Gasteiger partial charge in [-0.05, 0) is 31.6 Å². The van der Waals surface area contributed by atoms with Gasteiger partial charge in [-0.3, -0.25) is 0 Å². The largest absolute Gasteiger partial charge is 0.366 e. The Balaban J connectivity index is 1.97. The van der Waals surface area contributed by atoms with E-state index in [1.54, 1.807) is 0 Å². The van der Waals surface area contributed by atoms with E-state index in [1.165, 1.54) is 13.0 Å². The Kier molecular flexibility index (Phi) is 4.32. The van der Waals surface area contributed by atoms with Crippen molar-refractivity contribution in [3.63, 3.8) is 0 Å². The Bertz CT molecular complexity index is 143. The number of thiocarbonyl (C=S) groups is 1. The molecule has 0 aromatic rings. The van der Waals surface area contributed by atoms with Crippen molar-refractivity contribution in [3.8, 4) is 0 Å². The van der Waals surface area contributed by atoms with Crippen molar-refractivity contribution in [2.24, 2.45) is 0 Å². The first kappa shape index (κ1) is 9.74. The second kappa shape index (κ2) is 5.32. The van der Waals surface area contributed by atoms with Crippen LogP contribution in [0.15, 0.2) is 0 Å². The van der Waals surface area contributed by atoms with E-state index in [9.17, 15) is 0 Å². The van der Waals surface area contributed by atoms with Crippen LogP contribution in [0.2, 0.25) is 0 Å². The number of rotatable bonds is 3. The van der Waals surface area contributed by atoms with Crippen molar-refractivity contribution in [3.05, 3.63) is 6.42 Å². The van der Waals surface area contributed by atoms with Crippen LogP contribution in [0, 0.1) is 6.42 Å². The fourth-order valence-corrected chi connectivity index (χ4v) is 1.36. The van der Waals surface area contributed by atoms with Crippen molar-refractivity contribution >= 4 is 17.3 Å². The third-order valence-electron chi connectivity index (χ3n) is 1.98. The van der Waals surface area contributed by atoms with Crippen LogP contribution in [0.5, 0.6) is 0 Å². The van der Waals surface area contributed by atoms with E-state index in [0.29, 0.717) is 0 Å². The van der Waals surface area contributed by atoms with Crippen LogP contribution in [0.1, 0.15) is 6.42 Å². The molecule has 4 heteroatoms. The van der Waals surface area contributed by atoms with Crippen molar-refractivity contribution < 1.29 is 0 Å². The molecule has 0 amide bonds. The first-order valence-corrected chi connectivity index (χ1v) is 4.73. The molecule has 0 aromatic heterocycles. The van der Waals surface area contributed by atoms with Gasteiger partial charge in [0.05, 0.1) is 0 Å². The zero-order valence-electron chi connectivity index (χ0n) is 7.47. The predicted octanol–water partition coefficient (Wildman–Crippen LogP) is -0.00971. The smallest absolute Gasteiger partial charge is 0.166 e. The fraction of sp³-hybridized carbons (Fsp3) is 0.750. The van der Waals surface area contributed by atoms with Gasteiger partial charge in [-0.15, -0.1) is 0 Å². The summed E-state index contributed by atoms with van der Waals surface area (Å²) in [6.07, 6.45) is 3.55. The molecular weight excluding hydrogens is 170 g/mol. The van der Waals surface area contributed by atoms with E-state index >= 15 is 0 Å². The van der Waals surface area contributed by atoms with Crippen LogP contribution in [0.4, 0.5) is 0 Å². The number of likely N-dealkylation sites (tertiary alicyclic amines) is 1. The summed E-state index contributed by atoms with van der Waals surface area (Å²) in [5.41, 5.74) is 0. The molecule has 0 aliphatic carbocycles. The average Bonchev–Trinajstić information content (AvgIpc) is 2.57. The van der Waals surface area contributed by atoms with Gasteiger partial charge < -0.3 is 15.5 Å². The third kappa shape index (κ3) is 3.36. The highest BCUT2D eigenvalue weighted by molar-refractivity contribution is 7.80. The normalized spacial score (nSPS) is 17.8. The van der Waals surface area contributed by atoms with Crippen LogP contribution in [-0.2, 0) is 0 Å². The molecule has 0 atom stereocenters. The first-order chi connectivity index (χ1) is 5.83. The van der Waals surface area contributed by atoms with Gasteiger partial charge in [0.1, 0.15) is 0 Å². The highest BCUT2D eigenvalue weighted by Crippen LogP contribution is 2.03. The zero-order valence-corrected chi connectivity index (χ0v) is 8.28. The predicted molar refractivity (Wildman–Crippen MR) is 55.0 cm³/mol. The molecule has 1 fully saturated rings. The number of hydrogen-bond acceptors (Lipinski definition) is 2. The SMILES string of the molecule is CNC(=S)NCCN1C[CH]CC1. The molecule has 0 spiro atoms. The van der Waals surface area contributed by atoms with E-state index in [0.717, 1.165) is 24.7 Å². The van der Waals surface area contributed by atoms with Crippen molar-refractivity contribution in [1.29, 1.82) is 0 Å². The summed E-state index contributed by atoms with van der Waals surface area (Å²) in [7, 11) is 1.83. The van der Waals surface area contributed by atoms with Gasteiger partial charge in [0, 0.05) is 26.7 Å². The summed E-state index contributed by atoms with van der Waals surface area (Å²) in [5, 5.41) is 6.74. The molecule has 3 nitrogen and oxygen atoms in total. The Morgan fingerprint density at radius 2 is 2.50 bits per heavy atom. The molecule has 1 heterocycles. The molecule has 0 bridgehead atoms. The molecular formula is C8H16N3S. The van der Waals surface area contributed by atoms with E-state index in [-0.39, 0.29) is 0 Å². The van der Waals surface area contributed by atoms with Crippen LogP contribution >= 0.6 is 12.2 Å². The summed E-state index contributed by atoms with van der Waals surface area (Å²) in [6.45, 7) is 4.35. The molecule has 0 aromatic carbocycles. The Morgan fingerprint density at radius 3 is 3.08 bits per heavy atom. The molecule has 2 N–H and O–H groups in total. The van der Waals surface area contributed by atoms with E-state index in [2.05, 4.69) is 22.0 Å². The maximum atomic E-state index is 4.95. The fourth-order valence-electron chi connectivity index (χ4n) is 1.26. The molecule has 1 radical (unpaired) electrons. The lowest BCUT2D eigenvalue weighted by Gasteiger charge is -2.15. The molecule has 0 saturated carbocycles. The minimum atomic E-state index is 0.734. The second-order valence-electron chi connectivity index (χ2n) is 2.88. The van der Waals surface area contributed by atoms with Gasteiger partial charge in [0.2, 0.25) is 0 Å². The number of nitrogens with one attached hydrogen (secondary N) is 2. The maximum absolute atomic E-state index is 4.95. The van der Waals surface area contributed by atoms with E-state index in [4.69, 9.17) is 12.2 Å². The van der Waals surface area contributed by atoms with Crippen LogP contribution < -0.4 is 10.6 Å².